The number of rotatable bonds is 15. The average molecular weight is 558 g/mol. The van der Waals surface area contributed by atoms with E-state index in [4.69, 9.17) is 10.2 Å². The normalized spacial score (nSPS) is 15.6. The van der Waals surface area contributed by atoms with Crippen LogP contribution >= 0.6 is 0 Å². The number of hydrogen-bond donors (Lipinski definition) is 2. The van der Waals surface area contributed by atoms with Crippen LogP contribution in [0.5, 0.6) is 0 Å². The first kappa shape index (κ1) is 33.5. The second-order valence-electron chi connectivity index (χ2n) is 7.09. The molecule has 2 N–H and O–H groups in total. The van der Waals surface area contributed by atoms with Gasteiger partial charge in [0.25, 0.3) is 0 Å². The Morgan fingerprint density at radius 3 is 1.08 bits per heavy atom. The van der Waals surface area contributed by atoms with Gasteiger partial charge in [0.15, 0.2) is 0 Å². The van der Waals surface area contributed by atoms with E-state index in [2.05, 4.69) is 22.6 Å². The Labute approximate surface area is 194 Å². The zero-order valence-corrected chi connectivity index (χ0v) is 17.6. The van der Waals surface area contributed by atoms with Gasteiger partial charge in [-0.25, -0.2) is 9.59 Å². The summed E-state index contributed by atoms with van der Waals surface area (Å²) in [6.45, 7) is 2.46. The molecule has 0 aromatic heterocycles. The fourth-order valence-electron chi connectivity index (χ4n) is 2.29. The SMILES string of the molecule is C=CC(=O)OCC(O)CC(F)(F)C(F)(F)C(F)(F)C(F)(F)C(F)(F)C(F)(F)CC(O)COC(=O)C=C. The smallest absolute Gasteiger partial charge is 0.384 e. The highest BCUT2D eigenvalue weighted by atomic mass is 19.4. The molecular formula is C18H18F12O6. The third-order valence-corrected chi connectivity index (χ3v) is 4.26. The molecule has 0 aromatic carbocycles. The molecule has 0 bridgehead atoms. The molecule has 210 valence electrons. The third-order valence-electron chi connectivity index (χ3n) is 4.26. The van der Waals surface area contributed by atoms with E-state index in [1.54, 1.807) is 0 Å². The molecule has 6 nitrogen and oxygen atoms in total. The van der Waals surface area contributed by atoms with E-state index in [0.29, 0.717) is 12.2 Å². The van der Waals surface area contributed by atoms with Gasteiger partial charge >= 0.3 is 47.5 Å². The lowest BCUT2D eigenvalue weighted by atomic mass is 9.88. The van der Waals surface area contributed by atoms with Gasteiger partial charge in [-0.15, -0.1) is 0 Å². The molecule has 0 saturated heterocycles. The molecule has 0 rings (SSSR count). The number of aliphatic hydroxyl groups is 2. The van der Waals surface area contributed by atoms with Crippen molar-refractivity contribution in [3.63, 3.8) is 0 Å². The molecule has 2 atom stereocenters. The third kappa shape index (κ3) is 6.63. The fourth-order valence-corrected chi connectivity index (χ4v) is 2.29. The Balaban J connectivity index is 5.98. The Morgan fingerprint density at radius 1 is 0.611 bits per heavy atom. The second kappa shape index (κ2) is 11.3. The van der Waals surface area contributed by atoms with Crippen LogP contribution in [0.3, 0.4) is 0 Å². The summed E-state index contributed by atoms with van der Waals surface area (Å²) in [7, 11) is 0. The van der Waals surface area contributed by atoms with Crippen LogP contribution in [-0.4, -0.2) is 83.1 Å². The number of ether oxygens (including phenoxy) is 2. The van der Waals surface area contributed by atoms with Crippen LogP contribution in [0, 0.1) is 0 Å². The number of carbonyl (C=O) groups excluding carboxylic acids is 2. The highest BCUT2D eigenvalue weighted by Gasteiger charge is 2.89. The standard InChI is InChI=1S/C18H18F12O6/c1-3-11(33)35-7-9(31)5-13(19,20)15(23,24)17(27,28)18(29,30)16(25,26)14(21,22)6-10(32)8-36-12(34)4-2/h3-4,9-10,31-32H,1-2,5-8H2. The lowest BCUT2D eigenvalue weighted by Crippen LogP contribution is -2.71. The predicted octanol–water partition coefficient (Wildman–Crippen LogP) is 3.76. The molecule has 0 amide bonds. The minimum atomic E-state index is -7.89. The Hall–Kier alpha value is -2.50. The molecule has 0 saturated carbocycles. The molecule has 2 unspecified atom stereocenters. The molecule has 0 aliphatic heterocycles. The van der Waals surface area contributed by atoms with Crippen molar-refractivity contribution >= 4 is 11.9 Å². The zero-order valence-electron chi connectivity index (χ0n) is 17.6. The van der Waals surface area contributed by atoms with Crippen molar-refractivity contribution in [2.24, 2.45) is 0 Å². The lowest BCUT2D eigenvalue weighted by Gasteiger charge is -2.41. The highest BCUT2D eigenvalue weighted by Crippen LogP contribution is 2.61. The van der Waals surface area contributed by atoms with Crippen molar-refractivity contribution < 1.29 is 82.0 Å². The lowest BCUT2D eigenvalue weighted by molar-refractivity contribution is -0.427. The number of esters is 2. The van der Waals surface area contributed by atoms with E-state index >= 15 is 0 Å². The zero-order chi connectivity index (χ0) is 29.0. The number of carbonyl (C=O) groups is 2. The van der Waals surface area contributed by atoms with Gasteiger partial charge in [-0.2, -0.15) is 52.7 Å². The topological polar surface area (TPSA) is 93.1 Å². The minimum absolute atomic E-state index is 0.386. The average Bonchev–Trinajstić information content (AvgIpc) is 2.74. The van der Waals surface area contributed by atoms with Gasteiger partial charge in [-0.3, -0.25) is 0 Å². The molecule has 0 aliphatic carbocycles. The molecule has 0 spiro atoms. The van der Waals surface area contributed by atoms with Gasteiger partial charge in [0, 0.05) is 25.0 Å². The van der Waals surface area contributed by atoms with Gasteiger partial charge in [0.05, 0.1) is 12.2 Å². The summed E-state index contributed by atoms with van der Waals surface area (Å²) in [4.78, 5) is 21.5. The minimum Gasteiger partial charge on any atom is -0.460 e. The number of aliphatic hydroxyl groups excluding tert-OH is 2. The summed E-state index contributed by atoms with van der Waals surface area (Å²) in [5, 5.41) is 18.3. The van der Waals surface area contributed by atoms with Crippen LogP contribution in [0.1, 0.15) is 12.8 Å². The van der Waals surface area contributed by atoms with Crippen molar-refractivity contribution in [3.05, 3.63) is 25.3 Å². The molecule has 18 heteroatoms. The highest BCUT2D eigenvalue weighted by molar-refractivity contribution is 5.81. The monoisotopic (exact) mass is 558 g/mol. The van der Waals surface area contributed by atoms with E-state index < -0.39 is 85.7 Å². The molecule has 0 aliphatic rings. The Bertz CT molecular complexity index is 748. The first-order chi connectivity index (χ1) is 15.9. The Morgan fingerprint density at radius 2 is 0.861 bits per heavy atom. The van der Waals surface area contributed by atoms with E-state index in [-0.39, 0.29) is 0 Å². The van der Waals surface area contributed by atoms with Crippen molar-refractivity contribution in [1.29, 1.82) is 0 Å². The summed E-state index contributed by atoms with van der Waals surface area (Å²) in [6, 6.07) is 0. The first-order valence-corrected chi connectivity index (χ1v) is 9.16. The summed E-state index contributed by atoms with van der Waals surface area (Å²) in [5.74, 6) is -46.5. The van der Waals surface area contributed by atoms with Gasteiger partial charge < -0.3 is 19.7 Å². The number of halogens is 12. The molecule has 0 radical (unpaired) electrons. The predicted molar refractivity (Wildman–Crippen MR) is 93.2 cm³/mol. The maximum absolute atomic E-state index is 13.8. The van der Waals surface area contributed by atoms with E-state index in [1.165, 1.54) is 0 Å². The van der Waals surface area contributed by atoms with Gasteiger partial charge in [0.2, 0.25) is 0 Å². The summed E-state index contributed by atoms with van der Waals surface area (Å²) >= 11 is 0. The Kier molecular flexibility index (Phi) is 10.5. The number of hydrogen-bond acceptors (Lipinski definition) is 6. The van der Waals surface area contributed by atoms with Crippen molar-refractivity contribution in [3.8, 4) is 0 Å². The van der Waals surface area contributed by atoms with Crippen LogP contribution < -0.4 is 0 Å². The van der Waals surface area contributed by atoms with Crippen LogP contribution in [0.4, 0.5) is 52.7 Å². The van der Waals surface area contributed by atoms with Gasteiger partial charge in [0.1, 0.15) is 13.2 Å². The molecular weight excluding hydrogens is 540 g/mol. The van der Waals surface area contributed by atoms with E-state index in [0.717, 1.165) is 0 Å². The van der Waals surface area contributed by atoms with Crippen LogP contribution in [0.15, 0.2) is 25.3 Å². The molecule has 0 heterocycles. The summed E-state index contributed by atoms with van der Waals surface area (Å²) in [5.41, 5.74) is 0. The molecule has 0 fully saturated rings. The van der Waals surface area contributed by atoms with Crippen LogP contribution in [-0.2, 0) is 19.1 Å². The van der Waals surface area contributed by atoms with Gasteiger partial charge in [-0.05, 0) is 0 Å². The summed E-state index contributed by atoms with van der Waals surface area (Å²) < 4.78 is 174. The molecule has 0 aromatic rings. The fraction of sp³-hybridized carbons (Fsp3) is 0.667. The summed E-state index contributed by atoms with van der Waals surface area (Å²) in [6.07, 6.45) is -10.8. The van der Waals surface area contributed by atoms with Crippen LogP contribution in [0.25, 0.3) is 0 Å². The van der Waals surface area contributed by atoms with Crippen LogP contribution in [0.2, 0.25) is 0 Å². The van der Waals surface area contributed by atoms with Crippen molar-refractivity contribution in [2.75, 3.05) is 13.2 Å². The largest absolute Gasteiger partial charge is 0.460 e. The second-order valence-corrected chi connectivity index (χ2v) is 7.09. The van der Waals surface area contributed by atoms with Crippen molar-refractivity contribution in [1.82, 2.24) is 0 Å². The van der Waals surface area contributed by atoms with E-state index in [9.17, 15) is 62.3 Å². The van der Waals surface area contributed by atoms with E-state index in [1.807, 2.05) is 0 Å². The first-order valence-electron chi connectivity index (χ1n) is 9.16. The van der Waals surface area contributed by atoms with Crippen molar-refractivity contribution in [2.45, 2.75) is 60.6 Å². The quantitative estimate of drug-likeness (QED) is 0.181. The maximum Gasteiger partial charge on any atom is 0.384 e. The van der Waals surface area contributed by atoms with Gasteiger partial charge in [-0.1, -0.05) is 13.2 Å². The molecule has 36 heavy (non-hydrogen) atoms. The maximum atomic E-state index is 13.8. The number of alkyl halides is 12.